The maximum atomic E-state index is 12.5. The van der Waals surface area contributed by atoms with Gasteiger partial charge in [-0.2, -0.15) is 0 Å². The monoisotopic (exact) mass is 350 g/mol. The number of hydrogen-bond donors (Lipinski definition) is 1. The largest absolute Gasteiger partial charge is 0.497 e. The van der Waals surface area contributed by atoms with Gasteiger partial charge < -0.3 is 9.15 Å². The number of sulfonamides is 1. The molecule has 120 valence electrons. The van der Waals surface area contributed by atoms with Crippen LogP contribution in [-0.4, -0.2) is 20.5 Å². The summed E-state index contributed by atoms with van der Waals surface area (Å²) < 4.78 is 38.2. The van der Waals surface area contributed by atoms with Crippen molar-refractivity contribution in [1.82, 2.24) is 4.98 Å². The van der Waals surface area contributed by atoms with Crippen LogP contribution in [0.4, 0.5) is 5.69 Å². The van der Waals surface area contributed by atoms with Crippen LogP contribution in [0.3, 0.4) is 0 Å². The molecule has 0 saturated heterocycles. The Morgan fingerprint density at radius 3 is 2.78 bits per heavy atom. The van der Waals surface area contributed by atoms with Crippen LogP contribution in [0.25, 0.3) is 10.6 Å². The lowest BCUT2D eigenvalue weighted by Crippen LogP contribution is -2.11. The molecule has 0 bridgehead atoms. The number of thiophene rings is 1. The van der Waals surface area contributed by atoms with Crippen LogP contribution in [0.5, 0.6) is 5.75 Å². The van der Waals surface area contributed by atoms with E-state index in [1.165, 1.54) is 7.11 Å². The zero-order chi connectivity index (χ0) is 16.4. The zero-order valence-electron chi connectivity index (χ0n) is 12.4. The standard InChI is InChI=1S/C15H14N2O4S2/c1-10-16-9-13(21-10)14-6-7-15(22-14)23(18,19)17-11-4-3-5-12(8-11)20-2/h3-9,17H,1-2H3. The van der Waals surface area contributed by atoms with E-state index in [-0.39, 0.29) is 4.21 Å². The molecule has 3 aromatic rings. The average Bonchev–Trinajstić information content (AvgIpc) is 3.16. The number of hydrogen-bond acceptors (Lipinski definition) is 6. The molecule has 3 rings (SSSR count). The molecule has 23 heavy (non-hydrogen) atoms. The van der Waals surface area contributed by atoms with Gasteiger partial charge in [-0.25, -0.2) is 13.4 Å². The molecule has 6 nitrogen and oxygen atoms in total. The van der Waals surface area contributed by atoms with Gasteiger partial charge in [0.1, 0.15) is 9.96 Å². The smallest absolute Gasteiger partial charge is 0.271 e. The topological polar surface area (TPSA) is 81.4 Å². The Labute approximate surface area is 137 Å². The number of anilines is 1. The number of aryl methyl sites for hydroxylation is 1. The fourth-order valence-corrected chi connectivity index (χ4v) is 4.27. The van der Waals surface area contributed by atoms with E-state index in [9.17, 15) is 8.42 Å². The second-order valence-corrected chi connectivity index (χ2v) is 7.69. The summed E-state index contributed by atoms with van der Waals surface area (Å²) in [4.78, 5) is 4.72. The van der Waals surface area contributed by atoms with Crippen LogP contribution in [0.15, 0.2) is 51.2 Å². The molecule has 0 spiro atoms. The van der Waals surface area contributed by atoms with Crippen LogP contribution in [0.2, 0.25) is 0 Å². The summed E-state index contributed by atoms with van der Waals surface area (Å²) in [5.74, 6) is 1.66. The zero-order valence-corrected chi connectivity index (χ0v) is 14.1. The molecule has 0 aliphatic heterocycles. The van der Waals surface area contributed by atoms with Gasteiger partial charge in [-0.15, -0.1) is 11.3 Å². The van der Waals surface area contributed by atoms with Crippen molar-refractivity contribution in [2.45, 2.75) is 11.1 Å². The Kier molecular flexibility index (Phi) is 4.10. The third-order valence-electron chi connectivity index (χ3n) is 3.03. The number of rotatable bonds is 5. The number of methoxy groups -OCH3 is 1. The van der Waals surface area contributed by atoms with E-state index in [4.69, 9.17) is 9.15 Å². The van der Waals surface area contributed by atoms with Gasteiger partial charge in [0.05, 0.1) is 23.9 Å². The number of benzene rings is 1. The second kappa shape index (κ2) is 6.05. The summed E-state index contributed by atoms with van der Waals surface area (Å²) in [7, 11) is -2.14. The normalized spacial score (nSPS) is 11.4. The molecule has 0 aliphatic carbocycles. The first-order chi connectivity index (χ1) is 11.0. The van der Waals surface area contributed by atoms with Gasteiger partial charge in [0, 0.05) is 13.0 Å². The fraction of sp³-hybridized carbons (Fsp3) is 0.133. The summed E-state index contributed by atoms with van der Waals surface area (Å²) in [6.45, 7) is 1.74. The second-order valence-electron chi connectivity index (χ2n) is 4.70. The number of nitrogens with zero attached hydrogens (tertiary/aromatic N) is 1. The molecule has 0 saturated carbocycles. The molecule has 0 amide bonds. The Balaban J connectivity index is 1.86. The Morgan fingerprint density at radius 1 is 1.26 bits per heavy atom. The van der Waals surface area contributed by atoms with Crippen molar-refractivity contribution in [2.24, 2.45) is 0 Å². The molecule has 2 aromatic heterocycles. The minimum absolute atomic E-state index is 0.198. The van der Waals surface area contributed by atoms with Crippen LogP contribution < -0.4 is 9.46 Å². The third-order valence-corrected chi connectivity index (χ3v) is 6.01. The van der Waals surface area contributed by atoms with Crippen molar-refractivity contribution in [3.63, 3.8) is 0 Å². The summed E-state index contributed by atoms with van der Waals surface area (Å²) in [6, 6.07) is 9.98. The van der Waals surface area contributed by atoms with E-state index < -0.39 is 10.0 Å². The van der Waals surface area contributed by atoms with Crippen molar-refractivity contribution in [3.05, 3.63) is 48.5 Å². The minimum atomic E-state index is -3.67. The SMILES string of the molecule is COc1cccc(NS(=O)(=O)c2ccc(-c3cnc(C)o3)s2)c1. The molecule has 0 radical (unpaired) electrons. The molecule has 2 heterocycles. The maximum absolute atomic E-state index is 12.5. The van der Waals surface area contributed by atoms with Crippen molar-refractivity contribution < 1.29 is 17.6 Å². The average molecular weight is 350 g/mol. The molecular weight excluding hydrogens is 336 g/mol. The molecule has 0 aliphatic rings. The number of ether oxygens (including phenoxy) is 1. The van der Waals surface area contributed by atoms with Crippen LogP contribution in [0, 0.1) is 6.92 Å². The quantitative estimate of drug-likeness (QED) is 0.761. The Morgan fingerprint density at radius 2 is 2.09 bits per heavy atom. The summed E-state index contributed by atoms with van der Waals surface area (Å²) in [5.41, 5.74) is 0.440. The third kappa shape index (κ3) is 3.38. The van der Waals surface area contributed by atoms with Crippen LogP contribution in [0.1, 0.15) is 5.89 Å². The molecule has 0 fully saturated rings. The van der Waals surface area contributed by atoms with Gasteiger partial charge in [-0.3, -0.25) is 4.72 Å². The van der Waals surface area contributed by atoms with E-state index in [0.717, 1.165) is 11.3 Å². The van der Waals surface area contributed by atoms with E-state index in [0.29, 0.717) is 28.0 Å². The first kappa shape index (κ1) is 15.6. The van der Waals surface area contributed by atoms with Gasteiger partial charge in [0.2, 0.25) is 0 Å². The number of nitrogens with one attached hydrogen (secondary N) is 1. The molecular formula is C15H14N2O4S2. The lowest BCUT2D eigenvalue weighted by atomic mass is 10.3. The van der Waals surface area contributed by atoms with Crippen LogP contribution >= 0.6 is 11.3 Å². The first-order valence-corrected chi connectivity index (χ1v) is 8.97. The highest BCUT2D eigenvalue weighted by atomic mass is 32.2. The minimum Gasteiger partial charge on any atom is -0.497 e. The lowest BCUT2D eigenvalue weighted by Gasteiger charge is -2.07. The molecule has 0 atom stereocenters. The number of aromatic nitrogens is 1. The highest BCUT2D eigenvalue weighted by molar-refractivity contribution is 7.94. The highest BCUT2D eigenvalue weighted by Crippen LogP contribution is 2.32. The van der Waals surface area contributed by atoms with Crippen molar-refractivity contribution in [3.8, 4) is 16.4 Å². The molecule has 1 aromatic carbocycles. The van der Waals surface area contributed by atoms with E-state index in [1.54, 1.807) is 49.5 Å². The van der Waals surface area contributed by atoms with Gasteiger partial charge in [0.15, 0.2) is 11.7 Å². The fourth-order valence-electron chi connectivity index (χ4n) is 1.96. The van der Waals surface area contributed by atoms with Gasteiger partial charge in [-0.05, 0) is 24.3 Å². The van der Waals surface area contributed by atoms with E-state index >= 15 is 0 Å². The number of oxazole rings is 1. The highest BCUT2D eigenvalue weighted by Gasteiger charge is 2.19. The Bertz CT molecular complexity index is 928. The predicted octanol–water partition coefficient (Wildman–Crippen LogP) is 3.52. The van der Waals surface area contributed by atoms with Gasteiger partial charge in [-0.1, -0.05) is 6.07 Å². The summed E-state index contributed by atoms with van der Waals surface area (Å²) >= 11 is 1.12. The van der Waals surface area contributed by atoms with Crippen molar-refractivity contribution in [1.29, 1.82) is 0 Å². The molecule has 1 N–H and O–H groups in total. The van der Waals surface area contributed by atoms with Gasteiger partial charge in [0.25, 0.3) is 10.0 Å². The predicted molar refractivity (Wildman–Crippen MR) is 88.4 cm³/mol. The summed E-state index contributed by atoms with van der Waals surface area (Å²) in [6.07, 6.45) is 1.58. The Hall–Kier alpha value is -2.32. The summed E-state index contributed by atoms with van der Waals surface area (Å²) in [5, 5.41) is 0. The van der Waals surface area contributed by atoms with E-state index in [2.05, 4.69) is 9.71 Å². The molecule has 0 unspecified atom stereocenters. The van der Waals surface area contributed by atoms with E-state index in [1.807, 2.05) is 0 Å². The van der Waals surface area contributed by atoms with Crippen molar-refractivity contribution in [2.75, 3.05) is 11.8 Å². The van der Waals surface area contributed by atoms with Gasteiger partial charge >= 0.3 is 0 Å². The van der Waals surface area contributed by atoms with Crippen molar-refractivity contribution >= 4 is 27.0 Å². The maximum Gasteiger partial charge on any atom is 0.271 e. The molecule has 8 heteroatoms. The first-order valence-electron chi connectivity index (χ1n) is 6.67. The van der Waals surface area contributed by atoms with Crippen LogP contribution in [-0.2, 0) is 10.0 Å². The lowest BCUT2D eigenvalue weighted by molar-refractivity contribution is 0.415.